The van der Waals surface area contributed by atoms with E-state index >= 15 is 0 Å². The lowest BCUT2D eigenvalue weighted by Crippen LogP contribution is -2.11. The van der Waals surface area contributed by atoms with Crippen molar-refractivity contribution in [3.8, 4) is 5.75 Å². The summed E-state index contributed by atoms with van der Waals surface area (Å²) < 4.78 is 11.0. The molecule has 0 saturated heterocycles. The highest BCUT2D eigenvalue weighted by atomic mass is 16.6. The topological polar surface area (TPSA) is 47.9 Å². The molecule has 0 saturated carbocycles. The number of carbonyl (C=O) groups is 1. The molecular weight excluding hydrogens is 350 g/mol. The number of aliphatic imine (C=N–C) groups is 1. The van der Waals surface area contributed by atoms with Crippen molar-refractivity contribution in [3.63, 3.8) is 0 Å². The summed E-state index contributed by atoms with van der Waals surface area (Å²) in [6.07, 6.45) is 1.70. The average molecular weight is 375 g/mol. The van der Waals surface area contributed by atoms with Crippen LogP contribution in [0.5, 0.6) is 5.75 Å². The number of ether oxygens (including phenoxy) is 2. The van der Waals surface area contributed by atoms with Crippen LogP contribution in [0, 0.1) is 0 Å². The van der Waals surface area contributed by atoms with E-state index in [1.165, 1.54) is 5.56 Å². The van der Waals surface area contributed by atoms with Crippen LogP contribution in [0.3, 0.4) is 0 Å². The third-order valence-corrected chi connectivity index (χ3v) is 4.27. The maximum atomic E-state index is 12.2. The normalized spacial score (nSPS) is 15.4. The molecule has 1 aliphatic heterocycles. The van der Waals surface area contributed by atoms with Gasteiger partial charge in [0.2, 0.25) is 5.90 Å². The van der Waals surface area contributed by atoms with E-state index in [4.69, 9.17) is 9.47 Å². The van der Waals surface area contributed by atoms with Gasteiger partial charge in [-0.15, -0.1) is 0 Å². The van der Waals surface area contributed by atoms with Gasteiger partial charge >= 0.3 is 5.97 Å². The summed E-state index contributed by atoms with van der Waals surface area (Å²) in [7, 11) is 0. The van der Waals surface area contributed by atoms with E-state index in [1.807, 2.05) is 55.5 Å². The molecule has 0 unspecified atom stereocenters. The van der Waals surface area contributed by atoms with E-state index < -0.39 is 5.97 Å². The van der Waals surface area contributed by atoms with Crippen molar-refractivity contribution in [2.45, 2.75) is 33.1 Å². The number of esters is 1. The van der Waals surface area contributed by atoms with Crippen molar-refractivity contribution in [2.24, 2.45) is 4.99 Å². The van der Waals surface area contributed by atoms with Gasteiger partial charge in [0.25, 0.3) is 0 Å². The van der Waals surface area contributed by atoms with E-state index in [9.17, 15) is 4.79 Å². The lowest BCUT2D eigenvalue weighted by molar-refractivity contribution is -0.129. The minimum absolute atomic E-state index is 0.0645. The highest BCUT2D eigenvalue weighted by Gasteiger charge is 2.24. The van der Waals surface area contributed by atoms with Gasteiger partial charge in [0.15, 0.2) is 5.70 Å². The van der Waals surface area contributed by atoms with Crippen LogP contribution in [-0.2, 0) is 14.9 Å². The van der Waals surface area contributed by atoms with Crippen LogP contribution in [0.15, 0.2) is 71.4 Å². The molecule has 28 heavy (non-hydrogen) atoms. The molecule has 0 aliphatic carbocycles. The summed E-state index contributed by atoms with van der Waals surface area (Å²) >= 11 is 0. The van der Waals surface area contributed by atoms with Crippen molar-refractivity contribution in [2.75, 3.05) is 6.61 Å². The minimum Gasteiger partial charge on any atom is -0.489 e. The first kappa shape index (κ1) is 19.6. The van der Waals surface area contributed by atoms with Gasteiger partial charge in [-0.05, 0) is 59.4 Å². The number of hydrogen-bond donors (Lipinski definition) is 0. The van der Waals surface area contributed by atoms with E-state index in [0.29, 0.717) is 18.3 Å². The fourth-order valence-electron chi connectivity index (χ4n) is 2.70. The van der Waals surface area contributed by atoms with E-state index in [2.05, 4.69) is 32.3 Å². The Morgan fingerprint density at radius 3 is 2.54 bits per heavy atom. The molecule has 3 rings (SSSR count). The van der Waals surface area contributed by atoms with Crippen molar-refractivity contribution < 1.29 is 14.3 Å². The predicted molar refractivity (Wildman–Crippen MR) is 112 cm³/mol. The van der Waals surface area contributed by atoms with Gasteiger partial charge in [0.05, 0.1) is 0 Å². The van der Waals surface area contributed by atoms with Gasteiger partial charge in [0.1, 0.15) is 12.4 Å². The summed E-state index contributed by atoms with van der Waals surface area (Å²) in [6.45, 7) is 12.7. The summed E-state index contributed by atoms with van der Waals surface area (Å²) in [5, 5.41) is 0. The first-order valence-corrected chi connectivity index (χ1v) is 9.23. The lowest BCUT2D eigenvalue weighted by atomic mass is 9.87. The predicted octanol–water partition coefficient (Wildman–Crippen LogP) is 5.28. The minimum atomic E-state index is -0.455. The maximum Gasteiger partial charge on any atom is 0.363 e. The van der Waals surface area contributed by atoms with E-state index in [0.717, 1.165) is 16.7 Å². The Morgan fingerprint density at radius 1 is 1.18 bits per heavy atom. The zero-order valence-electron chi connectivity index (χ0n) is 16.8. The average Bonchev–Trinajstić information content (AvgIpc) is 3.00. The molecule has 4 nitrogen and oxygen atoms in total. The Balaban J connectivity index is 1.82. The number of nitrogens with zero attached hydrogens (tertiary/aromatic N) is 1. The summed E-state index contributed by atoms with van der Waals surface area (Å²) in [5.74, 6) is 0.584. The molecule has 2 aromatic carbocycles. The fraction of sp³-hybridized carbons (Fsp3) is 0.250. The second-order valence-electron chi connectivity index (χ2n) is 7.98. The van der Waals surface area contributed by atoms with Crippen molar-refractivity contribution in [3.05, 3.63) is 83.1 Å². The van der Waals surface area contributed by atoms with Crippen LogP contribution in [0.2, 0.25) is 0 Å². The molecule has 0 atom stereocenters. The van der Waals surface area contributed by atoms with E-state index in [1.54, 1.807) is 6.08 Å². The number of cyclic esters (lactones) is 1. The third kappa shape index (κ3) is 4.77. The fourth-order valence-corrected chi connectivity index (χ4v) is 2.70. The highest BCUT2D eigenvalue weighted by Crippen LogP contribution is 2.25. The molecule has 1 aliphatic rings. The molecule has 0 amide bonds. The molecule has 0 N–H and O–H groups in total. The number of benzene rings is 2. The summed E-state index contributed by atoms with van der Waals surface area (Å²) in [5.41, 5.74) is 4.09. The van der Waals surface area contributed by atoms with Crippen molar-refractivity contribution in [1.82, 2.24) is 0 Å². The molecular formula is C24H25NO3. The van der Waals surface area contributed by atoms with Gasteiger partial charge in [-0.25, -0.2) is 9.79 Å². The summed E-state index contributed by atoms with van der Waals surface area (Å²) in [6, 6.07) is 15.4. The lowest BCUT2D eigenvalue weighted by Gasteiger charge is -2.18. The molecule has 2 aromatic rings. The Morgan fingerprint density at radius 2 is 1.89 bits per heavy atom. The monoisotopic (exact) mass is 375 g/mol. The van der Waals surface area contributed by atoms with Crippen LogP contribution in [0.4, 0.5) is 0 Å². The molecule has 0 bridgehead atoms. The van der Waals surface area contributed by atoms with Gasteiger partial charge in [0, 0.05) is 5.56 Å². The highest BCUT2D eigenvalue weighted by molar-refractivity contribution is 6.12. The maximum absolute atomic E-state index is 12.2. The Labute approximate surface area is 166 Å². The largest absolute Gasteiger partial charge is 0.489 e. The standard InChI is InChI=1S/C24H25NO3/c1-16(2)15-27-20-8-6-7-17(13-20)14-21-23(26)28-22(25-21)18-9-11-19(12-10-18)24(3,4)5/h6-14H,1,15H2,2-5H3/b21-14-. The zero-order valence-corrected chi connectivity index (χ0v) is 16.8. The first-order chi connectivity index (χ1) is 13.2. The quantitative estimate of drug-likeness (QED) is 0.406. The molecule has 0 radical (unpaired) electrons. The molecule has 1 heterocycles. The molecule has 144 valence electrons. The van der Waals surface area contributed by atoms with Gasteiger partial charge < -0.3 is 9.47 Å². The van der Waals surface area contributed by atoms with Gasteiger partial charge in [-0.2, -0.15) is 0 Å². The zero-order chi connectivity index (χ0) is 20.3. The number of hydrogen-bond acceptors (Lipinski definition) is 4. The second-order valence-corrected chi connectivity index (χ2v) is 7.98. The summed E-state index contributed by atoms with van der Waals surface area (Å²) in [4.78, 5) is 16.6. The number of carbonyl (C=O) groups excluding carboxylic acids is 1. The van der Waals surface area contributed by atoms with Crippen LogP contribution in [0.1, 0.15) is 44.4 Å². The molecule has 0 fully saturated rings. The van der Waals surface area contributed by atoms with Crippen LogP contribution < -0.4 is 4.74 Å². The van der Waals surface area contributed by atoms with Crippen LogP contribution in [0.25, 0.3) is 6.08 Å². The Bertz CT molecular complexity index is 960. The van der Waals surface area contributed by atoms with Gasteiger partial charge in [-0.1, -0.05) is 51.6 Å². The molecule has 0 spiro atoms. The third-order valence-electron chi connectivity index (χ3n) is 4.27. The first-order valence-electron chi connectivity index (χ1n) is 9.23. The van der Waals surface area contributed by atoms with Crippen LogP contribution >= 0.6 is 0 Å². The smallest absolute Gasteiger partial charge is 0.363 e. The van der Waals surface area contributed by atoms with Crippen molar-refractivity contribution >= 4 is 17.9 Å². The molecule has 0 aromatic heterocycles. The van der Waals surface area contributed by atoms with Crippen molar-refractivity contribution in [1.29, 1.82) is 0 Å². The Hall–Kier alpha value is -3.14. The Kier molecular flexibility index (Phi) is 5.50. The second kappa shape index (κ2) is 7.85. The molecule has 4 heteroatoms. The van der Waals surface area contributed by atoms with E-state index in [-0.39, 0.29) is 11.1 Å². The van der Waals surface area contributed by atoms with Crippen LogP contribution in [-0.4, -0.2) is 18.5 Å². The number of rotatable bonds is 5. The SMILES string of the molecule is C=C(C)COc1cccc(/C=C2\N=C(c3ccc(C(C)(C)C)cc3)OC2=O)c1. The van der Waals surface area contributed by atoms with Gasteiger partial charge in [-0.3, -0.25) is 0 Å².